The van der Waals surface area contributed by atoms with Gasteiger partial charge in [-0.15, -0.1) is 0 Å². The number of ketones is 1. The van der Waals surface area contributed by atoms with Crippen LogP contribution in [0.25, 0.3) is 0 Å². The van der Waals surface area contributed by atoms with Gasteiger partial charge in [0.1, 0.15) is 5.78 Å². The van der Waals surface area contributed by atoms with E-state index in [-0.39, 0.29) is 5.41 Å². The van der Waals surface area contributed by atoms with Crippen LogP contribution in [0.1, 0.15) is 85.0 Å². The van der Waals surface area contributed by atoms with Crippen molar-refractivity contribution in [1.82, 2.24) is 0 Å². The van der Waals surface area contributed by atoms with Crippen LogP contribution in [0, 0.1) is 40.9 Å². The van der Waals surface area contributed by atoms with E-state index in [1.165, 1.54) is 44.9 Å². The molecule has 0 aliphatic heterocycles. The molecule has 2 nitrogen and oxygen atoms in total. The smallest absolute Gasteiger partial charge is 0.133 e. The predicted octanol–water partition coefficient (Wildman–Crippen LogP) is 4.99. The zero-order chi connectivity index (χ0) is 17.1. The minimum atomic E-state index is -0.415. The van der Waals surface area contributed by atoms with Gasteiger partial charge in [0.05, 0.1) is 5.60 Å². The second-order valence-corrected chi connectivity index (χ2v) is 10.3. The molecule has 4 saturated carbocycles. The van der Waals surface area contributed by atoms with Crippen molar-refractivity contribution in [3.8, 4) is 0 Å². The largest absolute Gasteiger partial charge is 0.390 e. The van der Waals surface area contributed by atoms with Crippen LogP contribution >= 0.6 is 0 Å². The van der Waals surface area contributed by atoms with E-state index in [2.05, 4.69) is 6.92 Å². The Bertz CT molecular complexity index is 510. The van der Waals surface area contributed by atoms with E-state index in [9.17, 15) is 9.90 Å². The van der Waals surface area contributed by atoms with Crippen LogP contribution < -0.4 is 0 Å². The summed E-state index contributed by atoms with van der Waals surface area (Å²) in [6.45, 7) is 6.34. The summed E-state index contributed by atoms with van der Waals surface area (Å²) in [6.07, 6.45) is 12.3. The van der Waals surface area contributed by atoms with Gasteiger partial charge in [0.15, 0.2) is 0 Å². The van der Waals surface area contributed by atoms with Gasteiger partial charge in [0.2, 0.25) is 0 Å². The Morgan fingerprint density at radius 2 is 1.67 bits per heavy atom. The average molecular weight is 333 g/mol. The van der Waals surface area contributed by atoms with Gasteiger partial charge in [-0.05, 0) is 107 Å². The second kappa shape index (κ2) is 5.83. The van der Waals surface area contributed by atoms with Crippen molar-refractivity contribution in [1.29, 1.82) is 0 Å². The third kappa shape index (κ3) is 2.59. The fourth-order valence-corrected chi connectivity index (χ4v) is 7.95. The van der Waals surface area contributed by atoms with Gasteiger partial charge < -0.3 is 5.11 Å². The molecular formula is C22H36O2. The molecule has 0 aromatic rings. The lowest BCUT2D eigenvalue weighted by atomic mass is 9.44. The molecule has 0 spiro atoms. The zero-order valence-electron chi connectivity index (χ0n) is 15.9. The normalized spacial score (nSPS) is 54.3. The molecule has 8 atom stereocenters. The number of rotatable bonds is 1. The first-order chi connectivity index (χ1) is 11.3. The number of Topliss-reactive ketones (excluding diaryl/α,β-unsaturated/α-hetero) is 1. The maximum atomic E-state index is 12.3. The van der Waals surface area contributed by atoms with E-state index < -0.39 is 5.60 Å². The average Bonchev–Trinajstić information content (AvgIpc) is 2.51. The molecule has 0 aromatic carbocycles. The Kier molecular flexibility index (Phi) is 4.14. The summed E-state index contributed by atoms with van der Waals surface area (Å²) in [5, 5.41) is 10.5. The summed E-state index contributed by atoms with van der Waals surface area (Å²) in [5.41, 5.74) is -0.139. The highest BCUT2D eigenvalue weighted by molar-refractivity contribution is 5.79. The van der Waals surface area contributed by atoms with Crippen LogP contribution in [0.4, 0.5) is 0 Å². The third-order valence-electron chi connectivity index (χ3n) is 8.97. The Hall–Kier alpha value is -0.370. The molecule has 0 heterocycles. The van der Waals surface area contributed by atoms with Crippen LogP contribution in [0.15, 0.2) is 0 Å². The van der Waals surface area contributed by atoms with E-state index in [1.807, 2.05) is 13.8 Å². The molecule has 24 heavy (non-hydrogen) atoms. The molecule has 0 bridgehead atoms. The fraction of sp³-hybridized carbons (Fsp3) is 0.955. The fourth-order valence-electron chi connectivity index (χ4n) is 7.95. The van der Waals surface area contributed by atoms with Crippen molar-refractivity contribution in [2.45, 2.75) is 90.6 Å². The number of hydrogen-bond donors (Lipinski definition) is 1. The third-order valence-corrected chi connectivity index (χ3v) is 8.97. The molecule has 4 aliphatic rings. The first kappa shape index (κ1) is 17.1. The Morgan fingerprint density at radius 3 is 2.42 bits per heavy atom. The minimum absolute atomic E-state index is 0.276. The molecule has 2 heteroatoms. The summed E-state index contributed by atoms with van der Waals surface area (Å²) in [6, 6.07) is 0. The standard InChI is InChI=1S/C22H36O2/c1-14(23)19-5-4-6-20-18-8-7-15-13-21(2,24)11-9-16(15)17(18)10-12-22(19,20)3/h15-20,24H,4-13H2,1-3H3/t15-,16+,17-,18?,19+,20+,21-,22-/m1/s1. The monoisotopic (exact) mass is 332 g/mol. The summed E-state index contributed by atoms with van der Waals surface area (Å²) in [5.74, 6) is 4.89. The van der Waals surface area contributed by atoms with Crippen molar-refractivity contribution in [2.24, 2.45) is 40.9 Å². The van der Waals surface area contributed by atoms with Crippen LogP contribution in [-0.4, -0.2) is 16.5 Å². The second-order valence-electron chi connectivity index (χ2n) is 10.3. The maximum Gasteiger partial charge on any atom is 0.133 e. The Labute approximate surface area is 147 Å². The van der Waals surface area contributed by atoms with E-state index >= 15 is 0 Å². The number of hydrogen-bond acceptors (Lipinski definition) is 2. The molecule has 1 N–H and O–H groups in total. The lowest BCUT2D eigenvalue weighted by molar-refractivity contribution is -0.146. The molecular weight excluding hydrogens is 296 g/mol. The van der Waals surface area contributed by atoms with E-state index in [0.29, 0.717) is 11.7 Å². The summed E-state index contributed by atoms with van der Waals surface area (Å²) in [7, 11) is 0. The molecule has 0 aromatic heterocycles. The van der Waals surface area contributed by atoms with Crippen molar-refractivity contribution in [2.75, 3.05) is 0 Å². The van der Waals surface area contributed by atoms with Gasteiger partial charge in [-0.3, -0.25) is 4.79 Å². The molecule has 1 unspecified atom stereocenters. The summed E-state index contributed by atoms with van der Waals surface area (Å²) in [4.78, 5) is 12.3. The highest BCUT2D eigenvalue weighted by Crippen LogP contribution is 2.63. The van der Waals surface area contributed by atoms with E-state index in [1.54, 1.807) is 0 Å². The predicted molar refractivity (Wildman–Crippen MR) is 96.5 cm³/mol. The summed E-state index contributed by atoms with van der Waals surface area (Å²) < 4.78 is 0. The highest BCUT2D eigenvalue weighted by Gasteiger charge is 2.56. The van der Waals surface area contributed by atoms with Crippen LogP contribution in [-0.2, 0) is 4.79 Å². The first-order valence-corrected chi connectivity index (χ1v) is 10.5. The van der Waals surface area contributed by atoms with Gasteiger partial charge in [0, 0.05) is 5.92 Å². The molecule has 0 saturated heterocycles. The van der Waals surface area contributed by atoms with Crippen molar-refractivity contribution in [3.63, 3.8) is 0 Å². The molecule has 136 valence electrons. The molecule has 4 aliphatic carbocycles. The van der Waals surface area contributed by atoms with Gasteiger partial charge in [0.25, 0.3) is 0 Å². The van der Waals surface area contributed by atoms with Crippen molar-refractivity contribution < 1.29 is 9.90 Å². The maximum absolute atomic E-state index is 12.3. The SMILES string of the molecule is CC(=O)[C@@H]1CCC[C@H]2C3CC[C@@H]4C[C@](C)(O)CC[C@@H]4[C@H]3CC[C@]12C. The first-order valence-electron chi connectivity index (χ1n) is 10.5. The lowest BCUT2D eigenvalue weighted by Crippen LogP contribution is -2.54. The number of fused-ring (bicyclic) bond motifs is 5. The van der Waals surface area contributed by atoms with Crippen molar-refractivity contribution >= 4 is 5.78 Å². The van der Waals surface area contributed by atoms with Crippen LogP contribution in [0.3, 0.4) is 0 Å². The van der Waals surface area contributed by atoms with Crippen LogP contribution in [0.2, 0.25) is 0 Å². The molecule has 0 radical (unpaired) electrons. The molecule has 0 amide bonds. The van der Waals surface area contributed by atoms with Gasteiger partial charge >= 0.3 is 0 Å². The van der Waals surface area contributed by atoms with E-state index in [4.69, 9.17) is 0 Å². The highest BCUT2D eigenvalue weighted by atomic mass is 16.3. The topological polar surface area (TPSA) is 37.3 Å². The van der Waals surface area contributed by atoms with Gasteiger partial charge in [-0.1, -0.05) is 13.3 Å². The Morgan fingerprint density at radius 1 is 0.917 bits per heavy atom. The lowest BCUT2D eigenvalue weighted by Gasteiger charge is -2.60. The molecule has 4 fully saturated rings. The Balaban J connectivity index is 1.57. The van der Waals surface area contributed by atoms with Gasteiger partial charge in [-0.2, -0.15) is 0 Å². The van der Waals surface area contributed by atoms with Gasteiger partial charge in [-0.25, -0.2) is 0 Å². The summed E-state index contributed by atoms with van der Waals surface area (Å²) >= 11 is 0. The number of carbonyl (C=O) groups is 1. The van der Waals surface area contributed by atoms with E-state index in [0.717, 1.165) is 48.9 Å². The van der Waals surface area contributed by atoms with Crippen molar-refractivity contribution in [3.05, 3.63) is 0 Å². The minimum Gasteiger partial charge on any atom is -0.390 e. The zero-order valence-corrected chi connectivity index (χ0v) is 15.9. The number of aliphatic hydroxyl groups is 1. The quantitative estimate of drug-likeness (QED) is 0.735. The number of carbonyl (C=O) groups excluding carboxylic acids is 1. The molecule has 4 rings (SSSR count). The van der Waals surface area contributed by atoms with Crippen LogP contribution in [0.5, 0.6) is 0 Å².